The van der Waals surface area contributed by atoms with Gasteiger partial charge in [-0.25, -0.2) is 0 Å². The zero-order valence-corrected chi connectivity index (χ0v) is 12.2. The predicted molar refractivity (Wildman–Crippen MR) is 79.5 cm³/mol. The molecule has 1 aromatic rings. The first kappa shape index (κ1) is 13.5. The quantitative estimate of drug-likeness (QED) is 0.837. The minimum Gasteiger partial charge on any atom is -0.398 e. The van der Waals surface area contributed by atoms with E-state index in [1.165, 1.54) is 17.7 Å². The molecule has 1 aliphatic heterocycles. The molecule has 1 atom stereocenters. The third kappa shape index (κ3) is 2.57. The van der Waals surface area contributed by atoms with Gasteiger partial charge in [0, 0.05) is 31.4 Å². The van der Waals surface area contributed by atoms with Crippen LogP contribution in [0.1, 0.15) is 18.9 Å². The third-order valence-corrected chi connectivity index (χ3v) is 4.23. The molecule has 1 aromatic carbocycles. The summed E-state index contributed by atoms with van der Waals surface area (Å²) in [5.41, 5.74) is 8.93. The van der Waals surface area contributed by atoms with Crippen LogP contribution in [0.5, 0.6) is 0 Å². The van der Waals surface area contributed by atoms with E-state index in [4.69, 9.17) is 17.3 Å². The highest BCUT2D eigenvalue weighted by atomic mass is 35.5. The van der Waals surface area contributed by atoms with E-state index in [1.807, 2.05) is 12.1 Å². The zero-order valence-electron chi connectivity index (χ0n) is 11.4. The van der Waals surface area contributed by atoms with E-state index in [-0.39, 0.29) is 0 Å². The van der Waals surface area contributed by atoms with Crippen LogP contribution in [0.15, 0.2) is 12.1 Å². The fourth-order valence-corrected chi connectivity index (χ4v) is 2.80. The molecule has 0 bridgehead atoms. The summed E-state index contributed by atoms with van der Waals surface area (Å²) in [7, 11) is 2.20. The predicted octanol–water partition coefficient (Wildman–Crippen LogP) is 2.76. The van der Waals surface area contributed by atoms with E-state index in [1.54, 1.807) is 0 Å². The maximum absolute atomic E-state index is 6.14. The van der Waals surface area contributed by atoms with Gasteiger partial charge >= 0.3 is 0 Å². The Morgan fingerprint density at radius 2 is 2.11 bits per heavy atom. The minimum absolute atomic E-state index is 0.620. The van der Waals surface area contributed by atoms with Crippen LogP contribution < -0.4 is 10.6 Å². The number of nitrogens with two attached hydrogens (primary N) is 1. The van der Waals surface area contributed by atoms with Crippen molar-refractivity contribution in [2.75, 3.05) is 37.3 Å². The standard InChI is InChI=1S/C14H22ClN3/c1-4-11-9-18(6-5-17(11)3)14-8-12(15)13(16)7-10(14)2/h7-8,11H,4-6,9,16H2,1-3H3. The van der Waals surface area contributed by atoms with E-state index in [0.29, 0.717) is 16.8 Å². The van der Waals surface area contributed by atoms with Crippen LogP contribution >= 0.6 is 11.6 Å². The summed E-state index contributed by atoms with van der Waals surface area (Å²) in [4.78, 5) is 4.86. The second-order valence-corrected chi connectivity index (χ2v) is 5.56. The Morgan fingerprint density at radius 1 is 1.39 bits per heavy atom. The van der Waals surface area contributed by atoms with Gasteiger partial charge in [-0.15, -0.1) is 0 Å². The van der Waals surface area contributed by atoms with Crippen LogP contribution in [-0.2, 0) is 0 Å². The van der Waals surface area contributed by atoms with Gasteiger partial charge in [0.25, 0.3) is 0 Å². The van der Waals surface area contributed by atoms with Crippen molar-refractivity contribution in [3.63, 3.8) is 0 Å². The Kier molecular flexibility index (Phi) is 4.03. The van der Waals surface area contributed by atoms with Gasteiger partial charge in [0.15, 0.2) is 0 Å². The summed E-state index contributed by atoms with van der Waals surface area (Å²) in [5.74, 6) is 0. The molecular formula is C14H22ClN3. The molecule has 1 saturated heterocycles. The van der Waals surface area contributed by atoms with Gasteiger partial charge in [-0.2, -0.15) is 0 Å². The molecule has 1 aliphatic rings. The van der Waals surface area contributed by atoms with Crippen LogP contribution in [0.4, 0.5) is 11.4 Å². The summed E-state index contributed by atoms with van der Waals surface area (Å²) in [6.45, 7) is 7.55. The second-order valence-electron chi connectivity index (χ2n) is 5.15. The molecule has 2 rings (SSSR count). The number of rotatable bonds is 2. The number of piperazine rings is 1. The monoisotopic (exact) mass is 267 g/mol. The average Bonchev–Trinajstić information content (AvgIpc) is 2.35. The van der Waals surface area contributed by atoms with Gasteiger partial charge in [-0.05, 0) is 38.1 Å². The molecule has 2 N–H and O–H groups in total. The first-order valence-corrected chi connectivity index (χ1v) is 6.91. The van der Waals surface area contributed by atoms with E-state index in [0.717, 1.165) is 19.6 Å². The molecule has 0 spiro atoms. The van der Waals surface area contributed by atoms with E-state index < -0.39 is 0 Å². The Bertz CT molecular complexity index is 433. The molecule has 0 aromatic heterocycles. The second kappa shape index (κ2) is 5.37. The zero-order chi connectivity index (χ0) is 13.3. The SMILES string of the molecule is CCC1CN(c2cc(Cl)c(N)cc2C)CCN1C. The number of anilines is 2. The number of nitrogens with zero attached hydrogens (tertiary/aromatic N) is 2. The van der Waals surface area contributed by atoms with Gasteiger partial charge in [-0.1, -0.05) is 18.5 Å². The van der Waals surface area contributed by atoms with Gasteiger partial charge in [0.05, 0.1) is 10.7 Å². The highest BCUT2D eigenvalue weighted by Crippen LogP contribution is 2.30. The van der Waals surface area contributed by atoms with E-state index in [9.17, 15) is 0 Å². The number of nitrogen functional groups attached to an aromatic ring is 1. The fourth-order valence-electron chi connectivity index (χ4n) is 2.64. The van der Waals surface area contributed by atoms with Gasteiger partial charge < -0.3 is 10.6 Å². The maximum Gasteiger partial charge on any atom is 0.0656 e. The molecule has 1 unspecified atom stereocenters. The number of likely N-dealkylation sites (N-methyl/N-ethyl adjacent to an activating group) is 1. The van der Waals surface area contributed by atoms with Gasteiger partial charge in [-0.3, -0.25) is 4.90 Å². The molecule has 1 fully saturated rings. The van der Waals surface area contributed by atoms with Crippen LogP contribution in [0.25, 0.3) is 0 Å². The molecule has 0 saturated carbocycles. The number of halogens is 1. The van der Waals surface area contributed by atoms with Crippen molar-refractivity contribution in [3.05, 3.63) is 22.7 Å². The van der Waals surface area contributed by atoms with Gasteiger partial charge in [0.2, 0.25) is 0 Å². The molecule has 0 aliphatic carbocycles. The van der Waals surface area contributed by atoms with Crippen molar-refractivity contribution in [3.8, 4) is 0 Å². The highest BCUT2D eigenvalue weighted by Gasteiger charge is 2.24. The minimum atomic E-state index is 0.620. The van der Waals surface area contributed by atoms with E-state index in [2.05, 4.69) is 30.7 Å². The lowest BCUT2D eigenvalue weighted by molar-refractivity contribution is 0.213. The van der Waals surface area contributed by atoms with Crippen molar-refractivity contribution < 1.29 is 0 Å². The summed E-state index contributed by atoms with van der Waals surface area (Å²) in [6, 6.07) is 4.59. The smallest absolute Gasteiger partial charge is 0.0656 e. The van der Waals surface area contributed by atoms with Crippen molar-refractivity contribution in [1.29, 1.82) is 0 Å². The highest BCUT2D eigenvalue weighted by molar-refractivity contribution is 6.33. The van der Waals surface area contributed by atoms with Crippen LogP contribution in [0, 0.1) is 6.92 Å². The fraction of sp³-hybridized carbons (Fsp3) is 0.571. The Labute approximate surface area is 115 Å². The molecule has 3 nitrogen and oxygen atoms in total. The Hall–Kier alpha value is -0.930. The van der Waals surface area contributed by atoms with Gasteiger partial charge in [0.1, 0.15) is 0 Å². The maximum atomic E-state index is 6.14. The molecule has 0 radical (unpaired) electrons. The Balaban J connectivity index is 2.24. The van der Waals surface area contributed by atoms with Crippen LogP contribution in [0.2, 0.25) is 5.02 Å². The Morgan fingerprint density at radius 3 is 2.78 bits per heavy atom. The third-order valence-electron chi connectivity index (χ3n) is 3.90. The van der Waals surface area contributed by atoms with Crippen LogP contribution in [0.3, 0.4) is 0 Å². The van der Waals surface area contributed by atoms with Crippen molar-refractivity contribution >= 4 is 23.0 Å². The lowest BCUT2D eigenvalue weighted by Crippen LogP contribution is -2.51. The number of aryl methyl sites for hydroxylation is 1. The lowest BCUT2D eigenvalue weighted by Gasteiger charge is -2.41. The molecular weight excluding hydrogens is 246 g/mol. The molecule has 4 heteroatoms. The lowest BCUT2D eigenvalue weighted by atomic mass is 10.1. The van der Waals surface area contributed by atoms with Crippen molar-refractivity contribution in [2.45, 2.75) is 26.3 Å². The molecule has 1 heterocycles. The summed E-state index contributed by atoms with van der Waals surface area (Å²) >= 11 is 6.14. The van der Waals surface area contributed by atoms with E-state index >= 15 is 0 Å². The van der Waals surface area contributed by atoms with Crippen molar-refractivity contribution in [2.24, 2.45) is 0 Å². The summed E-state index contributed by atoms with van der Waals surface area (Å²) in [6.07, 6.45) is 1.18. The largest absolute Gasteiger partial charge is 0.398 e. The summed E-state index contributed by atoms with van der Waals surface area (Å²) in [5, 5.41) is 0.655. The first-order valence-electron chi connectivity index (χ1n) is 6.53. The number of benzene rings is 1. The topological polar surface area (TPSA) is 32.5 Å². The number of hydrogen-bond donors (Lipinski definition) is 1. The molecule has 18 heavy (non-hydrogen) atoms. The van der Waals surface area contributed by atoms with Crippen LogP contribution in [-0.4, -0.2) is 37.6 Å². The van der Waals surface area contributed by atoms with Crippen molar-refractivity contribution in [1.82, 2.24) is 4.90 Å². The first-order chi connectivity index (χ1) is 8.52. The molecule has 100 valence electrons. The normalized spacial score (nSPS) is 21.3. The average molecular weight is 268 g/mol. The number of hydrogen-bond acceptors (Lipinski definition) is 3. The summed E-state index contributed by atoms with van der Waals surface area (Å²) < 4.78 is 0. The molecule has 0 amide bonds.